The van der Waals surface area contributed by atoms with Gasteiger partial charge >= 0.3 is 0 Å². The number of nitrogens with one attached hydrogen (secondary N) is 1. The van der Waals surface area contributed by atoms with E-state index in [4.69, 9.17) is 0 Å². The molecule has 5 heteroatoms. The lowest BCUT2D eigenvalue weighted by Gasteiger charge is -2.17. The minimum atomic E-state index is -3.76. The third kappa shape index (κ3) is 4.43. The number of rotatable bonds is 4. The maximum absolute atomic E-state index is 12.1. The third-order valence-corrected chi connectivity index (χ3v) is 5.12. The van der Waals surface area contributed by atoms with Crippen molar-refractivity contribution >= 4 is 15.9 Å². The molecule has 4 nitrogen and oxygen atoms in total. The zero-order chi connectivity index (χ0) is 15.5. The first kappa shape index (κ1) is 15.8. The molecule has 1 aliphatic rings. The topological polar surface area (TPSA) is 63.2 Å². The molecule has 0 aliphatic heterocycles. The van der Waals surface area contributed by atoms with E-state index in [1.165, 1.54) is 12.1 Å². The zero-order valence-corrected chi connectivity index (χ0v) is 13.2. The van der Waals surface area contributed by atoms with Gasteiger partial charge in [0.15, 0.2) is 0 Å². The predicted octanol–water partition coefficient (Wildman–Crippen LogP) is 2.94. The highest BCUT2D eigenvalue weighted by molar-refractivity contribution is 7.90. The number of benzene rings is 1. The molecule has 21 heavy (non-hydrogen) atoms. The Morgan fingerprint density at radius 3 is 2.52 bits per heavy atom. The number of allylic oxidation sites excluding steroid dienone is 1. The standard InChI is InChI=1S/C16H21NO3S/c1-12-3-7-14(8-4-12)11-16(18)17-21(19,20)15-9-5-13(2)6-10-15/h5-7,9-10,12H,3-4,8,11H2,1-2H3,(H,17,18). The molecular weight excluding hydrogens is 286 g/mol. The van der Waals surface area contributed by atoms with E-state index in [-0.39, 0.29) is 11.3 Å². The maximum Gasteiger partial charge on any atom is 0.264 e. The summed E-state index contributed by atoms with van der Waals surface area (Å²) in [4.78, 5) is 12.0. The summed E-state index contributed by atoms with van der Waals surface area (Å²) >= 11 is 0. The number of carbonyl (C=O) groups is 1. The number of sulfonamides is 1. The number of hydrogen-bond donors (Lipinski definition) is 1. The van der Waals surface area contributed by atoms with Crippen LogP contribution in [0.5, 0.6) is 0 Å². The molecule has 1 aromatic rings. The predicted molar refractivity (Wildman–Crippen MR) is 82.2 cm³/mol. The van der Waals surface area contributed by atoms with Crippen molar-refractivity contribution in [1.29, 1.82) is 0 Å². The molecule has 0 saturated carbocycles. The molecule has 0 aromatic heterocycles. The van der Waals surface area contributed by atoms with E-state index in [1.54, 1.807) is 12.1 Å². The second-order valence-electron chi connectivity index (χ2n) is 5.76. The lowest BCUT2D eigenvalue weighted by atomic mass is 9.90. The van der Waals surface area contributed by atoms with Crippen LogP contribution in [-0.4, -0.2) is 14.3 Å². The summed E-state index contributed by atoms with van der Waals surface area (Å²) in [5, 5.41) is 0. The second kappa shape index (κ2) is 6.43. The lowest BCUT2D eigenvalue weighted by Crippen LogP contribution is -2.30. The fourth-order valence-electron chi connectivity index (χ4n) is 2.35. The Bertz CT molecular complexity index is 645. The Balaban J connectivity index is 2.00. The fraction of sp³-hybridized carbons (Fsp3) is 0.438. The normalized spacial score (nSPS) is 19.0. The molecule has 0 fully saturated rings. The van der Waals surface area contributed by atoms with Crippen molar-refractivity contribution in [2.45, 2.75) is 44.4 Å². The first-order chi connectivity index (χ1) is 9.87. The quantitative estimate of drug-likeness (QED) is 0.870. The van der Waals surface area contributed by atoms with E-state index >= 15 is 0 Å². The van der Waals surface area contributed by atoms with Crippen LogP contribution >= 0.6 is 0 Å². The Morgan fingerprint density at radius 2 is 1.95 bits per heavy atom. The van der Waals surface area contributed by atoms with Crippen molar-refractivity contribution in [3.05, 3.63) is 41.5 Å². The van der Waals surface area contributed by atoms with Gasteiger partial charge in [0.1, 0.15) is 0 Å². The fourth-order valence-corrected chi connectivity index (χ4v) is 3.33. The van der Waals surface area contributed by atoms with Gasteiger partial charge in [0.25, 0.3) is 10.0 Å². The molecule has 0 radical (unpaired) electrons. The average Bonchev–Trinajstić information content (AvgIpc) is 2.41. The van der Waals surface area contributed by atoms with Crippen LogP contribution in [-0.2, 0) is 14.8 Å². The van der Waals surface area contributed by atoms with Crippen LogP contribution in [0.25, 0.3) is 0 Å². The third-order valence-electron chi connectivity index (χ3n) is 3.73. The van der Waals surface area contributed by atoms with Crippen LogP contribution < -0.4 is 4.72 Å². The van der Waals surface area contributed by atoms with Crippen molar-refractivity contribution in [3.63, 3.8) is 0 Å². The summed E-state index contributed by atoms with van der Waals surface area (Å²) in [5.74, 6) is 0.185. The molecule has 114 valence electrons. The van der Waals surface area contributed by atoms with E-state index < -0.39 is 15.9 Å². The summed E-state index contributed by atoms with van der Waals surface area (Å²) in [6, 6.07) is 6.44. The Hall–Kier alpha value is -1.62. The highest BCUT2D eigenvalue weighted by atomic mass is 32.2. The average molecular weight is 307 g/mol. The summed E-state index contributed by atoms with van der Waals surface area (Å²) in [7, 11) is -3.76. The Kier molecular flexibility index (Phi) is 4.83. The van der Waals surface area contributed by atoms with Crippen LogP contribution in [0, 0.1) is 12.8 Å². The van der Waals surface area contributed by atoms with Crippen molar-refractivity contribution in [2.24, 2.45) is 5.92 Å². The van der Waals surface area contributed by atoms with Crippen LogP contribution in [0.3, 0.4) is 0 Å². The highest BCUT2D eigenvalue weighted by Crippen LogP contribution is 2.24. The van der Waals surface area contributed by atoms with E-state index in [0.29, 0.717) is 5.92 Å². The van der Waals surface area contributed by atoms with Gasteiger partial charge in [0, 0.05) is 6.42 Å². The molecular formula is C16H21NO3S. The summed E-state index contributed by atoms with van der Waals surface area (Å²) in [6.07, 6.45) is 5.13. The molecule has 1 aromatic carbocycles. The largest absolute Gasteiger partial charge is 0.274 e. The van der Waals surface area contributed by atoms with Crippen molar-refractivity contribution in [2.75, 3.05) is 0 Å². The molecule has 0 bridgehead atoms. The minimum Gasteiger partial charge on any atom is -0.274 e. The van der Waals surface area contributed by atoms with Crippen LogP contribution in [0.4, 0.5) is 0 Å². The van der Waals surface area contributed by atoms with E-state index in [0.717, 1.165) is 30.4 Å². The van der Waals surface area contributed by atoms with Crippen molar-refractivity contribution < 1.29 is 13.2 Å². The highest BCUT2D eigenvalue weighted by Gasteiger charge is 2.19. The SMILES string of the molecule is Cc1ccc(S(=O)(=O)NC(=O)CC2=CCC(C)CC2)cc1. The molecule has 1 amide bonds. The molecule has 0 saturated heterocycles. The van der Waals surface area contributed by atoms with E-state index in [1.807, 2.05) is 6.92 Å². The van der Waals surface area contributed by atoms with Crippen LogP contribution in [0.1, 0.15) is 38.2 Å². The van der Waals surface area contributed by atoms with Crippen LogP contribution in [0.2, 0.25) is 0 Å². The molecule has 0 heterocycles. The Morgan fingerprint density at radius 1 is 1.29 bits per heavy atom. The first-order valence-corrected chi connectivity index (χ1v) is 8.65. The van der Waals surface area contributed by atoms with Gasteiger partial charge < -0.3 is 0 Å². The number of hydrogen-bond acceptors (Lipinski definition) is 3. The van der Waals surface area contributed by atoms with E-state index in [9.17, 15) is 13.2 Å². The smallest absolute Gasteiger partial charge is 0.264 e. The Labute approximate surface area is 126 Å². The molecule has 1 atom stereocenters. The van der Waals surface area contributed by atoms with Crippen molar-refractivity contribution in [1.82, 2.24) is 4.72 Å². The van der Waals surface area contributed by atoms with Gasteiger partial charge in [-0.2, -0.15) is 0 Å². The zero-order valence-electron chi connectivity index (χ0n) is 12.4. The van der Waals surface area contributed by atoms with Gasteiger partial charge in [-0.1, -0.05) is 36.3 Å². The second-order valence-corrected chi connectivity index (χ2v) is 7.44. The molecule has 1 aliphatic carbocycles. The van der Waals surface area contributed by atoms with E-state index in [2.05, 4.69) is 17.7 Å². The maximum atomic E-state index is 12.1. The van der Waals surface area contributed by atoms with Gasteiger partial charge in [0.05, 0.1) is 4.90 Å². The molecule has 1 unspecified atom stereocenters. The number of amides is 1. The summed E-state index contributed by atoms with van der Waals surface area (Å²) in [6.45, 7) is 4.06. The molecule has 2 rings (SSSR count). The molecule has 0 spiro atoms. The van der Waals surface area contributed by atoms with Gasteiger partial charge in [-0.25, -0.2) is 13.1 Å². The minimum absolute atomic E-state index is 0.118. The van der Waals surface area contributed by atoms with Gasteiger partial charge in [-0.3, -0.25) is 4.79 Å². The first-order valence-electron chi connectivity index (χ1n) is 7.17. The summed E-state index contributed by atoms with van der Waals surface area (Å²) in [5.41, 5.74) is 2.01. The van der Waals surface area contributed by atoms with Crippen molar-refractivity contribution in [3.8, 4) is 0 Å². The monoisotopic (exact) mass is 307 g/mol. The number of carbonyl (C=O) groups excluding carboxylic acids is 1. The van der Waals surface area contributed by atoms with Gasteiger partial charge in [0.2, 0.25) is 5.91 Å². The number of aryl methyl sites for hydroxylation is 1. The molecule has 1 N–H and O–H groups in total. The van der Waals surface area contributed by atoms with Gasteiger partial charge in [-0.05, 0) is 44.2 Å². The van der Waals surface area contributed by atoms with Gasteiger partial charge in [-0.15, -0.1) is 0 Å². The van der Waals surface area contributed by atoms with Crippen LogP contribution in [0.15, 0.2) is 40.8 Å². The lowest BCUT2D eigenvalue weighted by molar-refractivity contribution is -0.118. The summed E-state index contributed by atoms with van der Waals surface area (Å²) < 4.78 is 26.3.